The van der Waals surface area contributed by atoms with Gasteiger partial charge in [0.1, 0.15) is 5.75 Å². The Morgan fingerprint density at radius 2 is 2.12 bits per heavy atom. The highest BCUT2D eigenvalue weighted by molar-refractivity contribution is 5.71. The quantitative estimate of drug-likeness (QED) is 0.820. The van der Waals surface area contributed by atoms with Gasteiger partial charge in [-0.3, -0.25) is 9.69 Å². The lowest BCUT2D eigenvalue weighted by molar-refractivity contribution is -0.147. The number of ether oxygens (including phenoxy) is 1. The zero-order valence-corrected chi connectivity index (χ0v) is 15.5. The molecule has 1 fully saturated rings. The van der Waals surface area contributed by atoms with Crippen LogP contribution in [-0.2, 0) is 11.2 Å². The highest BCUT2D eigenvalue weighted by Gasteiger charge is 2.33. The van der Waals surface area contributed by atoms with Crippen molar-refractivity contribution in [2.24, 2.45) is 17.8 Å². The van der Waals surface area contributed by atoms with E-state index in [9.17, 15) is 4.79 Å². The van der Waals surface area contributed by atoms with Gasteiger partial charge in [-0.2, -0.15) is 0 Å². The molecule has 0 unspecified atom stereocenters. The van der Waals surface area contributed by atoms with E-state index in [2.05, 4.69) is 49.9 Å². The van der Waals surface area contributed by atoms with Gasteiger partial charge in [0.2, 0.25) is 0 Å². The van der Waals surface area contributed by atoms with Crippen molar-refractivity contribution in [2.45, 2.75) is 33.6 Å². The van der Waals surface area contributed by atoms with Gasteiger partial charge >= 0.3 is 5.97 Å². The number of carboxylic acid groups (broad SMARTS) is 1. The maximum atomic E-state index is 10.9. The summed E-state index contributed by atoms with van der Waals surface area (Å²) in [7, 11) is 0. The van der Waals surface area contributed by atoms with E-state index in [1.54, 1.807) is 0 Å². The molecular weight excluding hydrogens is 314 g/mol. The third kappa shape index (κ3) is 4.43. The number of fused-ring (bicyclic) bond motifs is 1. The van der Waals surface area contributed by atoms with Crippen LogP contribution in [-0.4, -0.2) is 42.2 Å². The Hall–Kier alpha value is -1.81. The average molecular weight is 343 g/mol. The number of nitrogens with zero attached hydrogens (tertiary/aromatic N) is 1. The molecule has 1 aliphatic heterocycles. The smallest absolute Gasteiger partial charge is 0.309 e. The molecule has 0 spiro atoms. The monoisotopic (exact) mass is 343 g/mol. The van der Waals surface area contributed by atoms with E-state index in [4.69, 9.17) is 9.84 Å². The van der Waals surface area contributed by atoms with Crippen LogP contribution >= 0.6 is 0 Å². The molecule has 3 rings (SSSR count). The van der Waals surface area contributed by atoms with Gasteiger partial charge in [0.15, 0.2) is 0 Å². The largest absolute Gasteiger partial charge is 0.494 e. The molecule has 4 nitrogen and oxygen atoms in total. The number of hydrogen-bond acceptors (Lipinski definition) is 3. The molecule has 0 saturated carbocycles. The van der Waals surface area contributed by atoms with Crippen molar-refractivity contribution in [2.75, 3.05) is 26.2 Å². The first-order chi connectivity index (χ1) is 11.9. The van der Waals surface area contributed by atoms with E-state index in [1.165, 1.54) is 16.7 Å². The van der Waals surface area contributed by atoms with Crippen LogP contribution in [0.2, 0.25) is 0 Å². The number of likely N-dealkylation sites (tertiary alicyclic amines) is 1. The molecule has 0 bridgehead atoms. The van der Waals surface area contributed by atoms with Crippen molar-refractivity contribution in [3.8, 4) is 5.75 Å². The van der Waals surface area contributed by atoms with Gasteiger partial charge in [0, 0.05) is 19.6 Å². The maximum Gasteiger partial charge on any atom is 0.309 e. The van der Waals surface area contributed by atoms with Crippen LogP contribution in [0.4, 0.5) is 0 Å². The maximum absolute atomic E-state index is 10.9. The Morgan fingerprint density at radius 3 is 2.80 bits per heavy atom. The minimum absolute atomic E-state index is 0.183. The molecule has 1 saturated heterocycles. The Kier molecular flexibility index (Phi) is 5.48. The third-order valence-electron chi connectivity index (χ3n) is 5.29. The summed E-state index contributed by atoms with van der Waals surface area (Å²) in [5.74, 6) is 1.26. The highest BCUT2D eigenvalue weighted by Crippen LogP contribution is 2.32. The molecular formula is C21H29NO3. The van der Waals surface area contributed by atoms with Crippen molar-refractivity contribution in [1.29, 1.82) is 0 Å². The van der Waals surface area contributed by atoms with Gasteiger partial charge in [-0.15, -0.1) is 0 Å². The van der Waals surface area contributed by atoms with E-state index in [0.717, 1.165) is 31.7 Å². The van der Waals surface area contributed by atoms with E-state index in [0.29, 0.717) is 24.9 Å². The summed E-state index contributed by atoms with van der Waals surface area (Å²) < 4.78 is 5.89. The van der Waals surface area contributed by atoms with Crippen LogP contribution < -0.4 is 4.74 Å². The van der Waals surface area contributed by atoms with Gasteiger partial charge < -0.3 is 9.84 Å². The second kappa shape index (κ2) is 7.61. The van der Waals surface area contributed by atoms with E-state index >= 15 is 0 Å². The van der Waals surface area contributed by atoms with Crippen LogP contribution in [0.1, 0.15) is 38.3 Å². The van der Waals surface area contributed by atoms with Crippen LogP contribution in [0, 0.1) is 17.8 Å². The van der Waals surface area contributed by atoms with Gasteiger partial charge in [-0.1, -0.05) is 38.5 Å². The lowest BCUT2D eigenvalue weighted by Crippen LogP contribution is -2.51. The number of carbonyl (C=O) groups is 1. The number of rotatable bonds is 7. The van der Waals surface area contributed by atoms with E-state index < -0.39 is 5.97 Å². The first-order valence-electron chi connectivity index (χ1n) is 9.33. The summed E-state index contributed by atoms with van der Waals surface area (Å²) in [4.78, 5) is 13.2. The van der Waals surface area contributed by atoms with Crippen molar-refractivity contribution in [3.63, 3.8) is 0 Å². The molecule has 0 radical (unpaired) electrons. The van der Waals surface area contributed by atoms with Crippen LogP contribution in [0.15, 0.2) is 23.8 Å². The van der Waals surface area contributed by atoms with Gasteiger partial charge in [0.05, 0.1) is 12.5 Å². The normalized spacial score (nSPS) is 20.8. The van der Waals surface area contributed by atoms with Gasteiger partial charge in [0.25, 0.3) is 0 Å². The topological polar surface area (TPSA) is 49.8 Å². The molecule has 1 aromatic carbocycles. The van der Waals surface area contributed by atoms with Crippen molar-refractivity contribution in [1.82, 2.24) is 4.90 Å². The molecule has 25 heavy (non-hydrogen) atoms. The predicted molar refractivity (Wildman–Crippen MR) is 99.8 cm³/mol. The number of benzene rings is 1. The van der Waals surface area contributed by atoms with Crippen LogP contribution in [0.5, 0.6) is 5.75 Å². The molecule has 1 aromatic rings. The SMILES string of the molecule is CC(C)CCOc1ccc2c(c1)C[C@@H](C)C(CN1CC(C(=O)O)C1)=C2. The first-order valence-corrected chi connectivity index (χ1v) is 9.33. The minimum atomic E-state index is -0.669. The zero-order valence-electron chi connectivity index (χ0n) is 15.5. The minimum Gasteiger partial charge on any atom is -0.494 e. The Balaban J connectivity index is 1.61. The van der Waals surface area contributed by atoms with E-state index in [-0.39, 0.29) is 5.92 Å². The van der Waals surface area contributed by atoms with Crippen LogP contribution in [0.25, 0.3) is 6.08 Å². The van der Waals surface area contributed by atoms with Crippen LogP contribution in [0.3, 0.4) is 0 Å². The molecule has 1 atom stereocenters. The summed E-state index contributed by atoms with van der Waals surface area (Å²) in [5, 5.41) is 9.00. The molecule has 136 valence electrons. The lowest BCUT2D eigenvalue weighted by Gasteiger charge is -2.38. The summed E-state index contributed by atoms with van der Waals surface area (Å²) in [6, 6.07) is 6.40. The average Bonchev–Trinajstić information content (AvgIpc) is 2.50. The van der Waals surface area contributed by atoms with Crippen molar-refractivity contribution in [3.05, 3.63) is 34.9 Å². The fourth-order valence-corrected chi connectivity index (χ4v) is 3.52. The summed E-state index contributed by atoms with van der Waals surface area (Å²) in [5.41, 5.74) is 4.04. The summed E-state index contributed by atoms with van der Waals surface area (Å²) in [6.07, 6.45) is 4.39. The standard InChI is InChI=1S/C21H29NO3/c1-14(2)6-7-25-20-5-4-16-9-18(15(3)8-17(16)10-20)11-22-12-19(13-22)21(23)24/h4-5,9-10,14-15,19H,6-8,11-13H2,1-3H3,(H,23,24)/t15-/m1/s1. The second-order valence-corrected chi connectivity index (χ2v) is 7.95. The van der Waals surface area contributed by atoms with Crippen molar-refractivity contribution < 1.29 is 14.6 Å². The van der Waals surface area contributed by atoms with Gasteiger partial charge in [-0.05, 0) is 47.9 Å². The van der Waals surface area contributed by atoms with Gasteiger partial charge in [-0.25, -0.2) is 0 Å². The molecule has 2 aliphatic rings. The molecule has 0 amide bonds. The van der Waals surface area contributed by atoms with E-state index in [1.807, 2.05) is 0 Å². The molecule has 1 heterocycles. The molecule has 4 heteroatoms. The fourth-order valence-electron chi connectivity index (χ4n) is 3.52. The Morgan fingerprint density at radius 1 is 1.36 bits per heavy atom. The number of hydrogen-bond donors (Lipinski definition) is 1. The zero-order chi connectivity index (χ0) is 18.0. The Bertz CT molecular complexity index is 659. The molecule has 0 aromatic heterocycles. The second-order valence-electron chi connectivity index (χ2n) is 7.95. The third-order valence-corrected chi connectivity index (χ3v) is 5.29. The Labute approximate surface area is 150 Å². The number of aliphatic carboxylic acids is 1. The first kappa shape index (κ1) is 18.0. The fraction of sp³-hybridized carbons (Fsp3) is 0.571. The summed E-state index contributed by atoms with van der Waals surface area (Å²) >= 11 is 0. The molecule has 1 aliphatic carbocycles. The highest BCUT2D eigenvalue weighted by atomic mass is 16.5. The number of carboxylic acids is 1. The predicted octanol–water partition coefficient (Wildman–Crippen LogP) is 3.70. The van der Waals surface area contributed by atoms with Crippen molar-refractivity contribution >= 4 is 12.0 Å². The lowest BCUT2D eigenvalue weighted by atomic mass is 9.83. The summed E-state index contributed by atoms with van der Waals surface area (Å²) in [6.45, 7) is 9.69. The molecule has 1 N–H and O–H groups in total.